The predicted molar refractivity (Wildman–Crippen MR) is 64.3 cm³/mol. The molecule has 0 saturated heterocycles. The lowest BCUT2D eigenvalue weighted by Crippen LogP contribution is -2.39. The molecule has 0 N–H and O–H groups in total. The van der Waals surface area contributed by atoms with Crippen LogP contribution in [0.15, 0.2) is 0 Å². The van der Waals surface area contributed by atoms with Crippen molar-refractivity contribution in [1.29, 1.82) is 0 Å². The quantitative estimate of drug-likeness (QED) is 0.604. The van der Waals surface area contributed by atoms with E-state index in [-0.39, 0.29) is 0 Å². The molecule has 0 fully saturated rings. The molecule has 14 heavy (non-hydrogen) atoms. The van der Waals surface area contributed by atoms with E-state index in [1.165, 1.54) is 0 Å². The van der Waals surface area contributed by atoms with Crippen LogP contribution < -0.4 is 0 Å². The van der Waals surface area contributed by atoms with Crippen molar-refractivity contribution in [2.75, 3.05) is 19.8 Å². The zero-order chi connectivity index (χ0) is 11.0. The molecule has 0 aromatic rings. The average molecular weight is 236 g/mol. The van der Waals surface area contributed by atoms with Gasteiger partial charge in [0.05, 0.1) is 0 Å². The number of rotatable bonds is 8. The third-order valence-electron chi connectivity index (χ3n) is 1.90. The van der Waals surface area contributed by atoms with Crippen LogP contribution in [0.2, 0.25) is 18.8 Å². The Balaban J connectivity index is 3.98. The first-order chi connectivity index (χ1) is 6.55. The molecule has 0 aromatic heterocycles. The van der Waals surface area contributed by atoms with Crippen LogP contribution in [0, 0.1) is 0 Å². The Labute approximate surface area is 90.7 Å². The van der Waals surface area contributed by atoms with Crippen LogP contribution in [0.3, 0.4) is 0 Å². The van der Waals surface area contributed by atoms with Crippen LogP contribution in [0.4, 0.5) is 0 Å². The minimum absolute atomic E-state index is 0.757. The van der Waals surface area contributed by atoms with Crippen molar-refractivity contribution in [2.24, 2.45) is 0 Å². The Kier molecular flexibility index (Phi) is 7.76. The highest BCUT2D eigenvalue weighted by atomic mass is 28.4. The SMILES string of the molecule is CCO[SiH](C[Si](C)(C)OCC)OCC. The molecule has 0 unspecified atom stereocenters. The van der Waals surface area contributed by atoms with Gasteiger partial charge in [-0.05, 0) is 33.9 Å². The summed E-state index contributed by atoms with van der Waals surface area (Å²) in [6.45, 7) is 12.9. The maximum atomic E-state index is 5.77. The van der Waals surface area contributed by atoms with Crippen molar-refractivity contribution >= 4 is 17.6 Å². The van der Waals surface area contributed by atoms with Gasteiger partial charge < -0.3 is 13.3 Å². The summed E-state index contributed by atoms with van der Waals surface area (Å²) in [7, 11) is -2.98. The van der Waals surface area contributed by atoms with Gasteiger partial charge in [-0.1, -0.05) is 0 Å². The second-order valence-electron chi connectivity index (χ2n) is 3.74. The highest BCUT2D eigenvalue weighted by Gasteiger charge is 2.29. The van der Waals surface area contributed by atoms with Crippen molar-refractivity contribution < 1.29 is 13.3 Å². The van der Waals surface area contributed by atoms with Gasteiger partial charge in [0.1, 0.15) is 0 Å². The van der Waals surface area contributed by atoms with Gasteiger partial charge in [0.15, 0.2) is 8.32 Å². The maximum absolute atomic E-state index is 5.77. The zero-order valence-corrected chi connectivity index (χ0v) is 12.3. The molecule has 0 aromatic carbocycles. The van der Waals surface area contributed by atoms with Crippen molar-refractivity contribution in [3.8, 4) is 0 Å². The fourth-order valence-electron chi connectivity index (χ4n) is 1.39. The largest absolute Gasteiger partial charge is 0.418 e. The summed E-state index contributed by atoms with van der Waals surface area (Å²) in [4.78, 5) is 0. The zero-order valence-electron chi connectivity index (χ0n) is 10.1. The third-order valence-corrected chi connectivity index (χ3v) is 9.64. The van der Waals surface area contributed by atoms with Gasteiger partial charge in [-0.15, -0.1) is 0 Å². The van der Waals surface area contributed by atoms with E-state index in [0.717, 1.165) is 25.5 Å². The molecule has 0 bridgehead atoms. The highest BCUT2D eigenvalue weighted by Crippen LogP contribution is 2.14. The summed E-state index contributed by atoms with van der Waals surface area (Å²) >= 11 is 0. The van der Waals surface area contributed by atoms with E-state index in [1.807, 2.05) is 20.8 Å². The van der Waals surface area contributed by atoms with Gasteiger partial charge in [0.25, 0.3) is 0 Å². The molecule has 0 heterocycles. The molecule has 0 saturated carbocycles. The molecule has 0 aliphatic carbocycles. The molecule has 0 atom stereocenters. The number of hydrogen-bond donors (Lipinski definition) is 0. The Bertz CT molecular complexity index is 136. The minimum Gasteiger partial charge on any atom is -0.418 e. The van der Waals surface area contributed by atoms with E-state index in [0.29, 0.717) is 0 Å². The Morgan fingerprint density at radius 2 is 1.43 bits per heavy atom. The smallest absolute Gasteiger partial charge is 0.320 e. The molecule has 3 nitrogen and oxygen atoms in total. The van der Waals surface area contributed by atoms with Crippen molar-refractivity contribution in [3.05, 3.63) is 0 Å². The molecule has 0 rings (SSSR count). The first kappa shape index (κ1) is 14.3. The summed E-state index contributed by atoms with van der Waals surface area (Å²) in [6, 6.07) is 0. The molecule has 0 spiro atoms. The second kappa shape index (κ2) is 7.59. The third kappa shape index (κ3) is 6.72. The normalized spacial score (nSPS) is 12.4. The molecule has 86 valence electrons. The van der Waals surface area contributed by atoms with Gasteiger partial charge in [-0.3, -0.25) is 0 Å². The Hall–Kier alpha value is 0.314. The summed E-state index contributed by atoms with van der Waals surface area (Å²) in [6.07, 6.45) is 0. The number of hydrogen-bond acceptors (Lipinski definition) is 3. The summed E-state index contributed by atoms with van der Waals surface area (Å²) in [5.74, 6) is 0. The molecule has 5 heteroatoms. The van der Waals surface area contributed by atoms with E-state index in [4.69, 9.17) is 13.3 Å². The fraction of sp³-hybridized carbons (Fsp3) is 1.00. The Morgan fingerprint density at radius 1 is 0.929 bits per heavy atom. The van der Waals surface area contributed by atoms with Crippen LogP contribution in [0.1, 0.15) is 20.8 Å². The van der Waals surface area contributed by atoms with E-state index < -0.39 is 17.6 Å². The molecular formula is C9H24O3Si2. The first-order valence-electron chi connectivity index (χ1n) is 5.42. The lowest BCUT2D eigenvalue weighted by molar-refractivity contribution is 0.214. The van der Waals surface area contributed by atoms with Gasteiger partial charge >= 0.3 is 9.28 Å². The molecule has 0 radical (unpaired) electrons. The minimum atomic E-state index is -1.53. The lowest BCUT2D eigenvalue weighted by atomic mass is 10.9. The van der Waals surface area contributed by atoms with Gasteiger partial charge in [0, 0.05) is 25.5 Å². The van der Waals surface area contributed by atoms with Crippen molar-refractivity contribution in [2.45, 2.75) is 39.5 Å². The van der Waals surface area contributed by atoms with Crippen LogP contribution in [-0.4, -0.2) is 37.4 Å². The highest BCUT2D eigenvalue weighted by molar-refractivity contribution is 6.80. The topological polar surface area (TPSA) is 27.7 Å². The van der Waals surface area contributed by atoms with Crippen molar-refractivity contribution in [3.63, 3.8) is 0 Å². The van der Waals surface area contributed by atoms with Gasteiger partial charge in [-0.2, -0.15) is 0 Å². The van der Waals surface area contributed by atoms with Gasteiger partial charge in [-0.25, -0.2) is 0 Å². The van der Waals surface area contributed by atoms with Crippen LogP contribution >= 0.6 is 0 Å². The molecule has 0 aliphatic rings. The maximum Gasteiger partial charge on any atom is 0.320 e. The predicted octanol–water partition coefficient (Wildman–Crippen LogP) is 2.06. The fourth-order valence-corrected chi connectivity index (χ4v) is 7.64. The van der Waals surface area contributed by atoms with Crippen LogP contribution in [0.25, 0.3) is 0 Å². The van der Waals surface area contributed by atoms with E-state index in [1.54, 1.807) is 0 Å². The van der Waals surface area contributed by atoms with E-state index in [2.05, 4.69) is 13.1 Å². The average Bonchev–Trinajstić information content (AvgIpc) is 2.03. The molecule has 0 aliphatic heterocycles. The van der Waals surface area contributed by atoms with Crippen LogP contribution in [0.5, 0.6) is 0 Å². The molecule has 0 amide bonds. The standard InChI is InChI=1S/C9H24O3Si2/c1-6-10-13(11-7-2)9-14(4,5)12-8-3/h13H,6-9H2,1-5H3. The monoisotopic (exact) mass is 236 g/mol. The summed E-state index contributed by atoms with van der Waals surface area (Å²) in [5, 5.41) is 0. The van der Waals surface area contributed by atoms with E-state index in [9.17, 15) is 0 Å². The van der Waals surface area contributed by atoms with Crippen LogP contribution in [-0.2, 0) is 13.3 Å². The van der Waals surface area contributed by atoms with E-state index >= 15 is 0 Å². The summed E-state index contributed by atoms with van der Waals surface area (Å²) < 4.78 is 17.0. The first-order valence-corrected chi connectivity index (χ1v) is 10.3. The lowest BCUT2D eigenvalue weighted by Gasteiger charge is -2.25. The van der Waals surface area contributed by atoms with Gasteiger partial charge in [0.2, 0.25) is 0 Å². The molecular weight excluding hydrogens is 212 g/mol. The Morgan fingerprint density at radius 3 is 1.79 bits per heavy atom. The summed E-state index contributed by atoms with van der Waals surface area (Å²) in [5.41, 5.74) is 1.04. The van der Waals surface area contributed by atoms with Crippen molar-refractivity contribution in [1.82, 2.24) is 0 Å². The second-order valence-corrected chi connectivity index (χ2v) is 10.7.